The van der Waals surface area contributed by atoms with Crippen molar-refractivity contribution >= 4 is 5.96 Å². The minimum absolute atomic E-state index is 0.532. The van der Waals surface area contributed by atoms with Crippen molar-refractivity contribution in [3.05, 3.63) is 23.9 Å². The monoisotopic (exact) mass is 308 g/mol. The molecule has 0 atom stereocenters. The number of nitrogens with one attached hydrogen (secondary N) is 2. The van der Waals surface area contributed by atoms with E-state index in [2.05, 4.69) is 20.6 Å². The zero-order chi connectivity index (χ0) is 16.0. The van der Waals surface area contributed by atoms with E-state index in [-0.39, 0.29) is 0 Å². The van der Waals surface area contributed by atoms with E-state index >= 15 is 0 Å². The molecule has 0 unspecified atom stereocenters. The SMILES string of the molecule is CCNC(=NCc1cccnc1OCC)NCCCOCC. The van der Waals surface area contributed by atoms with Gasteiger partial charge in [0, 0.05) is 38.1 Å². The Kier molecular flexibility index (Phi) is 9.78. The van der Waals surface area contributed by atoms with Gasteiger partial charge in [0.1, 0.15) is 0 Å². The van der Waals surface area contributed by atoms with Gasteiger partial charge in [-0.3, -0.25) is 0 Å². The largest absolute Gasteiger partial charge is 0.478 e. The zero-order valence-corrected chi connectivity index (χ0v) is 13.9. The highest BCUT2D eigenvalue weighted by molar-refractivity contribution is 5.79. The molecule has 0 aliphatic rings. The Morgan fingerprint density at radius 1 is 1.23 bits per heavy atom. The Balaban J connectivity index is 2.54. The first-order chi connectivity index (χ1) is 10.8. The van der Waals surface area contributed by atoms with Crippen LogP contribution in [-0.2, 0) is 11.3 Å². The third kappa shape index (κ3) is 7.26. The van der Waals surface area contributed by atoms with E-state index in [1.165, 1.54) is 0 Å². The summed E-state index contributed by atoms with van der Waals surface area (Å²) >= 11 is 0. The summed E-state index contributed by atoms with van der Waals surface area (Å²) in [5.41, 5.74) is 0.982. The van der Waals surface area contributed by atoms with Gasteiger partial charge < -0.3 is 20.1 Å². The molecule has 1 heterocycles. The van der Waals surface area contributed by atoms with Gasteiger partial charge in [0.15, 0.2) is 5.96 Å². The van der Waals surface area contributed by atoms with E-state index in [1.807, 2.05) is 32.9 Å². The fourth-order valence-corrected chi connectivity index (χ4v) is 1.84. The maximum Gasteiger partial charge on any atom is 0.218 e. The molecule has 1 rings (SSSR count). The second-order valence-corrected chi connectivity index (χ2v) is 4.57. The average molecular weight is 308 g/mol. The van der Waals surface area contributed by atoms with Crippen LogP contribution in [0.3, 0.4) is 0 Å². The van der Waals surface area contributed by atoms with Gasteiger partial charge in [0.05, 0.1) is 13.2 Å². The van der Waals surface area contributed by atoms with E-state index in [0.29, 0.717) is 19.0 Å². The van der Waals surface area contributed by atoms with Crippen molar-refractivity contribution in [3.63, 3.8) is 0 Å². The van der Waals surface area contributed by atoms with Crippen LogP contribution in [-0.4, -0.2) is 43.9 Å². The Labute approximate surface area is 133 Å². The summed E-state index contributed by atoms with van der Waals surface area (Å²) in [4.78, 5) is 8.82. The first kappa shape index (κ1) is 18.2. The number of hydrogen-bond acceptors (Lipinski definition) is 4. The first-order valence-electron chi connectivity index (χ1n) is 7.98. The molecule has 0 saturated carbocycles. The Bertz CT molecular complexity index is 438. The summed E-state index contributed by atoms with van der Waals surface area (Å²) in [5, 5.41) is 6.53. The second-order valence-electron chi connectivity index (χ2n) is 4.57. The standard InChI is InChI=1S/C16H28N4O2/c1-4-17-16(19-11-8-12-21-5-2)20-13-14-9-7-10-18-15(14)22-6-3/h7,9-10H,4-6,8,11-13H2,1-3H3,(H2,17,19,20). The van der Waals surface area contributed by atoms with Crippen LogP contribution in [0.4, 0.5) is 0 Å². The van der Waals surface area contributed by atoms with Gasteiger partial charge in [-0.15, -0.1) is 0 Å². The van der Waals surface area contributed by atoms with Gasteiger partial charge >= 0.3 is 0 Å². The number of aliphatic imine (C=N–C) groups is 1. The molecule has 1 aromatic rings. The Morgan fingerprint density at radius 3 is 2.82 bits per heavy atom. The molecule has 124 valence electrons. The maximum absolute atomic E-state index is 5.52. The molecule has 0 aliphatic heterocycles. The van der Waals surface area contributed by atoms with Crippen LogP contribution >= 0.6 is 0 Å². The lowest BCUT2D eigenvalue weighted by atomic mass is 10.3. The lowest BCUT2D eigenvalue weighted by molar-refractivity contribution is 0.145. The molecule has 0 fully saturated rings. The number of ether oxygens (including phenoxy) is 2. The lowest BCUT2D eigenvalue weighted by Gasteiger charge is -2.12. The van der Waals surface area contributed by atoms with Crippen molar-refractivity contribution in [3.8, 4) is 5.88 Å². The first-order valence-corrected chi connectivity index (χ1v) is 7.98. The summed E-state index contributed by atoms with van der Waals surface area (Å²) < 4.78 is 10.8. The van der Waals surface area contributed by atoms with Gasteiger partial charge in [0.25, 0.3) is 0 Å². The highest BCUT2D eigenvalue weighted by Crippen LogP contribution is 2.15. The molecule has 0 radical (unpaired) electrons. The van der Waals surface area contributed by atoms with Gasteiger partial charge in [0.2, 0.25) is 5.88 Å². The van der Waals surface area contributed by atoms with Crippen LogP contribution < -0.4 is 15.4 Å². The third-order valence-electron chi connectivity index (χ3n) is 2.84. The van der Waals surface area contributed by atoms with Crippen LogP contribution in [0.15, 0.2) is 23.3 Å². The molecule has 0 spiro atoms. The van der Waals surface area contributed by atoms with E-state index in [4.69, 9.17) is 9.47 Å². The molecule has 2 N–H and O–H groups in total. The molecular formula is C16H28N4O2. The molecule has 1 aromatic heterocycles. The molecule has 0 saturated heterocycles. The van der Waals surface area contributed by atoms with Crippen molar-refractivity contribution in [2.24, 2.45) is 4.99 Å². The Morgan fingerprint density at radius 2 is 2.09 bits per heavy atom. The second kappa shape index (κ2) is 11.8. The minimum Gasteiger partial charge on any atom is -0.478 e. The van der Waals surface area contributed by atoms with Crippen molar-refractivity contribution in [1.82, 2.24) is 15.6 Å². The summed E-state index contributed by atoms with van der Waals surface area (Å²) in [7, 11) is 0. The summed E-state index contributed by atoms with van der Waals surface area (Å²) in [6.07, 6.45) is 2.69. The molecule has 0 aromatic carbocycles. The number of guanidine groups is 1. The van der Waals surface area contributed by atoms with Crippen LogP contribution in [0.2, 0.25) is 0 Å². The minimum atomic E-state index is 0.532. The molecular weight excluding hydrogens is 280 g/mol. The number of hydrogen-bond donors (Lipinski definition) is 2. The summed E-state index contributed by atoms with van der Waals surface area (Å²) in [6, 6.07) is 3.88. The highest BCUT2D eigenvalue weighted by Gasteiger charge is 2.04. The van der Waals surface area contributed by atoms with Crippen molar-refractivity contribution in [2.75, 3.05) is 32.9 Å². The van der Waals surface area contributed by atoms with Crippen molar-refractivity contribution in [1.29, 1.82) is 0 Å². The van der Waals surface area contributed by atoms with E-state index in [9.17, 15) is 0 Å². The normalized spacial score (nSPS) is 11.3. The molecule has 0 amide bonds. The topological polar surface area (TPSA) is 67.8 Å². The number of aromatic nitrogens is 1. The van der Waals surface area contributed by atoms with Crippen LogP contribution in [0.25, 0.3) is 0 Å². The lowest BCUT2D eigenvalue weighted by Crippen LogP contribution is -2.38. The summed E-state index contributed by atoms with van der Waals surface area (Å²) in [6.45, 7) is 10.3. The molecule has 6 heteroatoms. The predicted molar refractivity (Wildman–Crippen MR) is 89.3 cm³/mol. The van der Waals surface area contributed by atoms with Gasteiger partial charge in [-0.25, -0.2) is 9.98 Å². The van der Waals surface area contributed by atoms with Gasteiger partial charge in [-0.05, 0) is 33.3 Å². The quantitative estimate of drug-likeness (QED) is 0.393. The Hall–Kier alpha value is -1.82. The van der Waals surface area contributed by atoms with E-state index in [0.717, 1.165) is 44.2 Å². The predicted octanol–water partition coefficient (Wildman–Crippen LogP) is 1.96. The van der Waals surface area contributed by atoms with Crippen LogP contribution in [0.5, 0.6) is 5.88 Å². The zero-order valence-electron chi connectivity index (χ0n) is 13.9. The smallest absolute Gasteiger partial charge is 0.218 e. The van der Waals surface area contributed by atoms with Crippen molar-refractivity contribution < 1.29 is 9.47 Å². The van der Waals surface area contributed by atoms with E-state index in [1.54, 1.807) is 6.20 Å². The third-order valence-corrected chi connectivity index (χ3v) is 2.84. The van der Waals surface area contributed by atoms with Crippen LogP contribution in [0, 0.1) is 0 Å². The molecule has 6 nitrogen and oxygen atoms in total. The summed E-state index contributed by atoms with van der Waals surface area (Å²) in [5.74, 6) is 1.45. The fraction of sp³-hybridized carbons (Fsp3) is 0.625. The molecule has 0 aliphatic carbocycles. The number of rotatable bonds is 10. The van der Waals surface area contributed by atoms with Crippen LogP contribution in [0.1, 0.15) is 32.8 Å². The van der Waals surface area contributed by atoms with Gasteiger partial charge in [-0.2, -0.15) is 0 Å². The molecule has 22 heavy (non-hydrogen) atoms. The van der Waals surface area contributed by atoms with Gasteiger partial charge in [-0.1, -0.05) is 6.07 Å². The average Bonchev–Trinajstić information content (AvgIpc) is 2.54. The van der Waals surface area contributed by atoms with Crippen molar-refractivity contribution in [2.45, 2.75) is 33.7 Å². The number of pyridine rings is 1. The molecule has 0 bridgehead atoms. The maximum atomic E-state index is 5.52. The fourth-order valence-electron chi connectivity index (χ4n) is 1.84. The van der Waals surface area contributed by atoms with E-state index < -0.39 is 0 Å². The number of nitrogens with zero attached hydrogens (tertiary/aromatic N) is 2. The highest BCUT2D eigenvalue weighted by atomic mass is 16.5.